The van der Waals surface area contributed by atoms with Crippen LogP contribution in [-0.2, 0) is 19.5 Å². The van der Waals surface area contributed by atoms with Gasteiger partial charge in [-0.25, -0.2) is 4.98 Å². The van der Waals surface area contributed by atoms with E-state index in [4.69, 9.17) is 0 Å². The van der Waals surface area contributed by atoms with Crippen molar-refractivity contribution in [2.75, 3.05) is 13.1 Å². The average Bonchev–Trinajstić information content (AvgIpc) is 2.94. The molecule has 1 aliphatic rings. The van der Waals surface area contributed by atoms with Crippen LogP contribution in [0.1, 0.15) is 36.8 Å². The summed E-state index contributed by atoms with van der Waals surface area (Å²) >= 11 is 0. The van der Waals surface area contributed by atoms with Crippen molar-refractivity contribution in [3.8, 4) is 0 Å². The summed E-state index contributed by atoms with van der Waals surface area (Å²) in [5.74, 6) is 1.84. The van der Waals surface area contributed by atoms with Gasteiger partial charge < -0.3 is 4.57 Å². The Hall–Kier alpha value is -1.68. The van der Waals surface area contributed by atoms with Gasteiger partial charge in [-0.15, -0.1) is 0 Å². The maximum Gasteiger partial charge on any atom is 0.105 e. The molecule has 0 bridgehead atoms. The fourth-order valence-corrected chi connectivity index (χ4v) is 3.31. The fraction of sp³-hybridized carbons (Fsp3) is 0.556. The van der Waals surface area contributed by atoms with Crippen LogP contribution in [0.15, 0.2) is 30.7 Å². The minimum atomic E-state index is 0.719. The zero-order valence-electron chi connectivity index (χ0n) is 13.7. The molecule has 1 atom stereocenters. The molecule has 0 aliphatic carbocycles. The van der Waals surface area contributed by atoms with E-state index < -0.39 is 0 Å². The van der Waals surface area contributed by atoms with Crippen molar-refractivity contribution in [3.63, 3.8) is 0 Å². The quantitative estimate of drug-likeness (QED) is 0.851. The van der Waals surface area contributed by atoms with E-state index in [1.807, 2.05) is 12.4 Å². The summed E-state index contributed by atoms with van der Waals surface area (Å²) in [7, 11) is 0. The Kier molecular flexibility index (Phi) is 4.88. The molecule has 0 aromatic carbocycles. The lowest BCUT2D eigenvalue weighted by Crippen LogP contribution is -2.36. The number of rotatable bonds is 5. The highest BCUT2D eigenvalue weighted by molar-refractivity contribution is 5.13. The van der Waals surface area contributed by atoms with Gasteiger partial charge in [0.2, 0.25) is 0 Å². The first-order chi connectivity index (χ1) is 10.7. The van der Waals surface area contributed by atoms with Gasteiger partial charge in [0.25, 0.3) is 0 Å². The van der Waals surface area contributed by atoms with Crippen LogP contribution < -0.4 is 0 Å². The number of likely N-dealkylation sites (tertiary alicyclic amines) is 1. The number of nitrogens with zero attached hydrogens (tertiary/aromatic N) is 4. The topological polar surface area (TPSA) is 34.0 Å². The van der Waals surface area contributed by atoms with Gasteiger partial charge in [0.1, 0.15) is 5.82 Å². The van der Waals surface area contributed by atoms with E-state index in [9.17, 15) is 0 Å². The van der Waals surface area contributed by atoms with E-state index in [1.165, 1.54) is 30.6 Å². The van der Waals surface area contributed by atoms with Crippen LogP contribution in [0, 0.1) is 12.8 Å². The highest BCUT2D eigenvalue weighted by atomic mass is 15.1. The van der Waals surface area contributed by atoms with Crippen molar-refractivity contribution in [1.29, 1.82) is 0 Å². The maximum atomic E-state index is 4.60. The number of pyridine rings is 1. The van der Waals surface area contributed by atoms with Crippen LogP contribution in [0.5, 0.6) is 0 Å². The lowest BCUT2D eigenvalue weighted by molar-refractivity contribution is 0.154. The molecule has 0 N–H and O–H groups in total. The summed E-state index contributed by atoms with van der Waals surface area (Å²) in [6.07, 6.45) is 9.67. The highest BCUT2D eigenvalue weighted by Crippen LogP contribution is 2.20. The normalized spacial score (nSPS) is 19.5. The zero-order valence-corrected chi connectivity index (χ0v) is 13.7. The van der Waals surface area contributed by atoms with Crippen molar-refractivity contribution < 1.29 is 0 Å². The minimum Gasteiger partial charge on any atom is -0.335 e. The number of hydrogen-bond donors (Lipinski definition) is 0. The van der Waals surface area contributed by atoms with E-state index in [2.05, 4.69) is 51.6 Å². The first-order valence-electron chi connectivity index (χ1n) is 8.38. The van der Waals surface area contributed by atoms with Crippen molar-refractivity contribution in [2.45, 2.75) is 46.2 Å². The predicted molar refractivity (Wildman–Crippen MR) is 88.6 cm³/mol. The molecule has 0 radical (unpaired) electrons. The van der Waals surface area contributed by atoms with Gasteiger partial charge in [0, 0.05) is 38.2 Å². The van der Waals surface area contributed by atoms with Crippen LogP contribution in [-0.4, -0.2) is 32.5 Å². The molecule has 0 spiro atoms. The summed E-state index contributed by atoms with van der Waals surface area (Å²) in [5, 5.41) is 0. The van der Waals surface area contributed by atoms with Gasteiger partial charge in [-0.2, -0.15) is 0 Å². The van der Waals surface area contributed by atoms with Gasteiger partial charge in [-0.3, -0.25) is 9.88 Å². The molecule has 1 unspecified atom stereocenters. The predicted octanol–water partition coefficient (Wildman–Crippen LogP) is 3.06. The van der Waals surface area contributed by atoms with Crippen molar-refractivity contribution >= 4 is 0 Å². The molecule has 3 rings (SSSR count). The molecule has 1 aliphatic heterocycles. The van der Waals surface area contributed by atoms with E-state index in [-0.39, 0.29) is 0 Å². The fourth-order valence-electron chi connectivity index (χ4n) is 3.31. The third kappa shape index (κ3) is 3.74. The molecule has 3 heterocycles. The van der Waals surface area contributed by atoms with Crippen LogP contribution >= 0.6 is 0 Å². The number of imidazole rings is 1. The van der Waals surface area contributed by atoms with E-state index in [0.717, 1.165) is 37.8 Å². The monoisotopic (exact) mass is 298 g/mol. The van der Waals surface area contributed by atoms with E-state index in [1.54, 1.807) is 0 Å². The number of hydrogen-bond acceptors (Lipinski definition) is 3. The molecule has 1 fully saturated rings. The minimum absolute atomic E-state index is 0.719. The Balaban J connectivity index is 1.57. The van der Waals surface area contributed by atoms with Gasteiger partial charge >= 0.3 is 0 Å². The highest BCUT2D eigenvalue weighted by Gasteiger charge is 2.21. The van der Waals surface area contributed by atoms with Gasteiger partial charge in [0.15, 0.2) is 0 Å². The van der Waals surface area contributed by atoms with Crippen molar-refractivity contribution in [2.24, 2.45) is 5.92 Å². The molecule has 4 heteroatoms. The molecule has 1 saturated heterocycles. The molecule has 4 nitrogen and oxygen atoms in total. The van der Waals surface area contributed by atoms with Crippen molar-refractivity contribution in [1.82, 2.24) is 19.4 Å². The third-order valence-electron chi connectivity index (χ3n) is 4.66. The third-order valence-corrected chi connectivity index (χ3v) is 4.66. The molecule has 22 heavy (non-hydrogen) atoms. The van der Waals surface area contributed by atoms with Crippen LogP contribution in [0.25, 0.3) is 0 Å². The summed E-state index contributed by atoms with van der Waals surface area (Å²) in [5.41, 5.74) is 2.51. The second-order valence-electron chi connectivity index (χ2n) is 6.38. The Morgan fingerprint density at radius 2 is 2.18 bits per heavy atom. The molecule has 118 valence electrons. The Morgan fingerprint density at radius 1 is 1.27 bits per heavy atom. The Labute approximate surface area is 133 Å². The summed E-state index contributed by atoms with van der Waals surface area (Å²) in [6.45, 7) is 8.67. The van der Waals surface area contributed by atoms with Crippen LogP contribution in [0.3, 0.4) is 0 Å². The average molecular weight is 298 g/mol. The second-order valence-corrected chi connectivity index (χ2v) is 6.38. The largest absolute Gasteiger partial charge is 0.335 e. The first-order valence-corrected chi connectivity index (χ1v) is 8.38. The summed E-state index contributed by atoms with van der Waals surface area (Å²) in [4.78, 5) is 11.5. The van der Waals surface area contributed by atoms with Crippen LogP contribution in [0.2, 0.25) is 0 Å². The van der Waals surface area contributed by atoms with Gasteiger partial charge in [-0.05, 0) is 50.3 Å². The standard InChI is InChI=1S/C18H26N4/c1-3-16-6-7-18(20-11-16)14-21-9-4-5-17(12-21)13-22-10-8-19-15(22)2/h6-8,10-11,17H,3-5,9,12-14H2,1-2H3. The molecule has 0 amide bonds. The smallest absolute Gasteiger partial charge is 0.105 e. The first kappa shape index (κ1) is 15.2. The summed E-state index contributed by atoms with van der Waals surface area (Å²) < 4.78 is 2.28. The van der Waals surface area contributed by atoms with Crippen LogP contribution in [0.4, 0.5) is 0 Å². The summed E-state index contributed by atoms with van der Waals surface area (Å²) in [6, 6.07) is 4.39. The van der Waals surface area contributed by atoms with E-state index >= 15 is 0 Å². The van der Waals surface area contributed by atoms with Gasteiger partial charge in [0.05, 0.1) is 5.69 Å². The van der Waals surface area contributed by atoms with Gasteiger partial charge in [-0.1, -0.05) is 13.0 Å². The number of piperidine rings is 1. The Bertz CT molecular complexity index is 587. The molecule has 2 aromatic rings. The molecular formula is C18H26N4. The van der Waals surface area contributed by atoms with Crippen molar-refractivity contribution in [3.05, 3.63) is 47.8 Å². The Morgan fingerprint density at radius 3 is 2.86 bits per heavy atom. The molecular weight excluding hydrogens is 272 g/mol. The molecule has 2 aromatic heterocycles. The SMILES string of the molecule is CCc1ccc(CN2CCCC(Cn3ccnc3C)C2)nc1. The number of aromatic nitrogens is 3. The lowest BCUT2D eigenvalue weighted by atomic mass is 9.97. The second kappa shape index (κ2) is 7.05. The van der Waals surface area contributed by atoms with E-state index in [0.29, 0.717) is 0 Å². The number of aryl methyl sites for hydroxylation is 2. The maximum absolute atomic E-state index is 4.60. The molecule has 0 saturated carbocycles. The zero-order chi connectivity index (χ0) is 15.4. The lowest BCUT2D eigenvalue weighted by Gasteiger charge is -2.32.